The fourth-order valence-corrected chi connectivity index (χ4v) is 1.78. The van der Waals surface area contributed by atoms with E-state index in [-0.39, 0.29) is 0 Å². The van der Waals surface area contributed by atoms with Crippen molar-refractivity contribution in [1.82, 2.24) is 0 Å². The van der Waals surface area contributed by atoms with Gasteiger partial charge in [-0.2, -0.15) is 0 Å². The molecule has 2 aromatic carbocycles. The molecule has 3 nitrogen and oxygen atoms in total. The minimum absolute atomic E-state index is 0.604. The average molecular weight is 211 g/mol. The lowest BCUT2D eigenvalue weighted by Gasteiger charge is -2.22. The minimum Gasteiger partial charge on any atom is -0.453 e. The van der Waals surface area contributed by atoms with E-state index in [1.165, 1.54) is 0 Å². The number of benzene rings is 2. The highest BCUT2D eigenvalue weighted by Gasteiger charge is 2.17. The van der Waals surface area contributed by atoms with Gasteiger partial charge in [0.2, 0.25) is 0 Å². The van der Waals surface area contributed by atoms with Crippen molar-refractivity contribution in [2.24, 2.45) is 0 Å². The van der Waals surface area contributed by atoms with Crippen LogP contribution in [-0.2, 0) is 0 Å². The number of hydrogen-bond donors (Lipinski definition) is 1. The first kappa shape index (κ1) is 8.97. The second-order valence-corrected chi connectivity index (χ2v) is 3.56. The number of hydrogen-bond acceptors (Lipinski definition) is 3. The number of carbonyl (C=O) groups is 1. The van der Waals surface area contributed by atoms with Crippen molar-refractivity contribution >= 4 is 17.7 Å². The highest BCUT2D eigenvalue weighted by molar-refractivity contribution is 5.91. The third-order valence-corrected chi connectivity index (χ3v) is 2.55. The fraction of sp³-hybridized carbons (Fsp3) is 0. The Morgan fingerprint density at radius 3 is 2.69 bits per heavy atom. The van der Waals surface area contributed by atoms with Gasteiger partial charge in [0.05, 0.1) is 11.4 Å². The molecule has 0 fully saturated rings. The Morgan fingerprint density at radius 2 is 1.81 bits per heavy atom. The van der Waals surface area contributed by atoms with E-state index in [0.717, 1.165) is 23.4 Å². The van der Waals surface area contributed by atoms with Crippen LogP contribution in [0.15, 0.2) is 42.5 Å². The van der Waals surface area contributed by atoms with Crippen LogP contribution in [0.1, 0.15) is 10.4 Å². The van der Waals surface area contributed by atoms with Crippen LogP contribution in [0, 0.1) is 0 Å². The van der Waals surface area contributed by atoms with E-state index in [4.69, 9.17) is 4.74 Å². The summed E-state index contributed by atoms with van der Waals surface area (Å²) in [5.74, 6) is 1.46. The van der Waals surface area contributed by atoms with Crippen LogP contribution in [0.5, 0.6) is 11.5 Å². The third-order valence-electron chi connectivity index (χ3n) is 2.55. The molecule has 0 aromatic heterocycles. The Hall–Kier alpha value is -2.29. The summed E-state index contributed by atoms with van der Waals surface area (Å²) in [6, 6.07) is 13.0. The van der Waals surface area contributed by atoms with Crippen molar-refractivity contribution in [3.05, 3.63) is 48.0 Å². The number of fused-ring (bicyclic) bond motifs is 2. The van der Waals surface area contributed by atoms with Crippen LogP contribution in [0.2, 0.25) is 0 Å². The highest BCUT2D eigenvalue weighted by Crippen LogP contribution is 2.42. The maximum atomic E-state index is 10.9. The SMILES string of the molecule is O=Cc1cccc2c1Nc1ccccc1O2. The van der Waals surface area contributed by atoms with Crippen LogP contribution >= 0.6 is 0 Å². The molecule has 3 heteroatoms. The Morgan fingerprint density at radius 1 is 1.00 bits per heavy atom. The van der Waals surface area contributed by atoms with Gasteiger partial charge >= 0.3 is 0 Å². The zero-order valence-corrected chi connectivity index (χ0v) is 8.44. The zero-order valence-electron chi connectivity index (χ0n) is 8.44. The molecule has 1 aliphatic heterocycles. The first-order valence-electron chi connectivity index (χ1n) is 5.00. The van der Waals surface area contributed by atoms with Gasteiger partial charge in [0.1, 0.15) is 0 Å². The summed E-state index contributed by atoms with van der Waals surface area (Å²) in [5.41, 5.74) is 2.22. The quantitative estimate of drug-likeness (QED) is 0.627. The van der Waals surface area contributed by atoms with E-state index in [1.54, 1.807) is 12.1 Å². The molecular weight excluding hydrogens is 202 g/mol. The molecule has 0 saturated heterocycles. The van der Waals surface area contributed by atoms with Crippen molar-refractivity contribution in [3.8, 4) is 11.5 Å². The summed E-state index contributed by atoms with van der Waals surface area (Å²) in [5, 5.41) is 3.20. The van der Waals surface area contributed by atoms with E-state index < -0.39 is 0 Å². The van der Waals surface area contributed by atoms with Gasteiger partial charge in [-0.15, -0.1) is 0 Å². The van der Waals surface area contributed by atoms with Gasteiger partial charge in [-0.05, 0) is 24.3 Å². The van der Waals surface area contributed by atoms with Crippen molar-refractivity contribution in [2.75, 3.05) is 5.32 Å². The molecule has 1 N–H and O–H groups in total. The molecule has 0 aliphatic carbocycles. The Bertz CT molecular complexity index is 564. The highest BCUT2D eigenvalue weighted by atomic mass is 16.5. The fourth-order valence-electron chi connectivity index (χ4n) is 1.78. The maximum Gasteiger partial charge on any atom is 0.152 e. The Balaban J connectivity index is 2.15. The van der Waals surface area contributed by atoms with Crippen LogP contribution in [0.25, 0.3) is 0 Å². The number of carbonyl (C=O) groups excluding carboxylic acids is 1. The molecule has 0 spiro atoms. The van der Waals surface area contributed by atoms with Gasteiger partial charge in [0, 0.05) is 5.56 Å². The van der Waals surface area contributed by atoms with Gasteiger partial charge in [-0.25, -0.2) is 0 Å². The summed E-state index contributed by atoms with van der Waals surface area (Å²) in [6.07, 6.45) is 0.823. The number of para-hydroxylation sites is 3. The molecule has 0 radical (unpaired) electrons. The molecule has 2 aromatic rings. The van der Waals surface area contributed by atoms with Crippen molar-refractivity contribution in [3.63, 3.8) is 0 Å². The number of ether oxygens (including phenoxy) is 1. The van der Waals surface area contributed by atoms with E-state index >= 15 is 0 Å². The van der Waals surface area contributed by atoms with E-state index in [2.05, 4.69) is 5.32 Å². The molecule has 0 unspecified atom stereocenters. The topological polar surface area (TPSA) is 38.3 Å². The number of aldehydes is 1. The monoisotopic (exact) mass is 211 g/mol. The molecule has 1 aliphatic rings. The molecule has 78 valence electrons. The lowest BCUT2D eigenvalue weighted by atomic mass is 10.1. The molecule has 16 heavy (non-hydrogen) atoms. The molecule has 0 atom stereocenters. The molecular formula is C13H9NO2. The predicted octanol–water partition coefficient (Wildman–Crippen LogP) is 3.35. The molecule has 0 bridgehead atoms. The molecule has 0 saturated carbocycles. The van der Waals surface area contributed by atoms with Gasteiger partial charge in [0.25, 0.3) is 0 Å². The van der Waals surface area contributed by atoms with Gasteiger partial charge in [0.15, 0.2) is 17.8 Å². The van der Waals surface area contributed by atoms with Gasteiger partial charge in [-0.1, -0.05) is 18.2 Å². The first-order chi connectivity index (χ1) is 7.88. The molecule has 3 rings (SSSR count). The van der Waals surface area contributed by atoms with Crippen LogP contribution in [0.4, 0.5) is 11.4 Å². The van der Waals surface area contributed by atoms with E-state index in [9.17, 15) is 4.79 Å². The molecule has 1 heterocycles. The summed E-state index contributed by atoms with van der Waals surface area (Å²) < 4.78 is 5.70. The lowest BCUT2D eigenvalue weighted by Crippen LogP contribution is -2.04. The van der Waals surface area contributed by atoms with Crippen molar-refractivity contribution < 1.29 is 9.53 Å². The Kier molecular flexibility index (Phi) is 1.90. The number of anilines is 2. The summed E-state index contributed by atoms with van der Waals surface area (Å²) in [4.78, 5) is 10.9. The largest absolute Gasteiger partial charge is 0.453 e. The van der Waals surface area contributed by atoms with E-state index in [0.29, 0.717) is 11.3 Å². The van der Waals surface area contributed by atoms with Crippen LogP contribution < -0.4 is 10.1 Å². The van der Waals surface area contributed by atoms with Crippen LogP contribution in [-0.4, -0.2) is 6.29 Å². The minimum atomic E-state index is 0.604. The Labute approximate surface area is 92.7 Å². The second kappa shape index (κ2) is 3.38. The predicted molar refractivity (Wildman–Crippen MR) is 61.6 cm³/mol. The molecule has 0 amide bonds. The summed E-state index contributed by atoms with van der Waals surface area (Å²) >= 11 is 0. The standard InChI is InChI=1S/C13H9NO2/c15-8-9-4-3-7-12-13(9)14-10-5-1-2-6-11(10)16-12/h1-8,14H. The summed E-state index contributed by atoms with van der Waals surface area (Å²) in [6.45, 7) is 0. The average Bonchev–Trinajstić information content (AvgIpc) is 2.35. The second-order valence-electron chi connectivity index (χ2n) is 3.56. The van der Waals surface area contributed by atoms with Gasteiger partial charge in [-0.3, -0.25) is 4.79 Å². The smallest absolute Gasteiger partial charge is 0.152 e. The number of nitrogens with one attached hydrogen (secondary N) is 1. The summed E-state index contributed by atoms with van der Waals surface area (Å²) in [7, 11) is 0. The van der Waals surface area contributed by atoms with Crippen molar-refractivity contribution in [1.29, 1.82) is 0 Å². The normalized spacial score (nSPS) is 11.8. The first-order valence-corrected chi connectivity index (χ1v) is 5.00. The zero-order chi connectivity index (χ0) is 11.0. The van der Waals surface area contributed by atoms with Crippen LogP contribution in [0.3, 0.4) is 0 Å². The van der Waals surface area contributed by atoms with Gasteiger partial charge < -0.3 is 10.1 Å². The van der Waals surface area contributed by atoms with Crippen molar-refractivity contribution in [2.45, 2.75) is 0 Å². The lowest BCUT2D eigenvalue weighted by molar-refractivity contribution is 0.112. The maximum absolute atomic E-state index is 10.9. The number of rotatable bonds is 1. The third kappa shape index (κ3) is 1.26. The van der Waals surface area contributed by atoms with E-state index in [1.807, 2.05) is 30.3 Å².